The van der Waals surface area contributed by atoms with E-state index in [9.17, 15) is 14.7 Å². The number of nitrogens with one attached hydrogen (secondary N) is 1. The minimum Gasteiger partial charge on any atom is -0.503 e. The van der Waals surface area contributed by atoms with Crippen molar-refractivity contribution in [2.24, 2.45) is 11.8 Å². The highest BCUT2D eigenvalue weighted by molar-refractivity contribution is 5.97. The molecule has 1 aromatic heterocycles. The van der Waals surface area contributed by atoms with Crippen molar-refractivity contribution >= 4 is 12.2 Å². The number of benzene rings is 1. The number of aromatic hydroxyl groups is 1. The monoisotopic (exact) mass is 528 g/mol. The van der Waals surface area contributed by atoms with Crippen LogP contribution in [-0.4, -0.2) is 67.0 Å². The molecule has 1 amide bonds. The molecule has 9 heteroatoms. The van der Waals surface area contributed by atoms with Gasteiger partial charge in [-0.05, 0) is 70.6 Å². The van der Waals surface area contributed by atoms with Gasteiger partial charge in [0.05, 0.1) is 39.1 Å². The van der Waals surface area contributed by atoms with Gasteiger partial charge in [0, 0.05) is 18.2 Å². The number of carbonyl (C=O) groups excluding carboxylic acids is 2. The second-order valence-electron chi connectivity index (χ2n) is 10.7. The summed E-state index contributed by atoms with van der Waals surface area (Å²) in [6, 6.07) is 9.34. The van der Waals surface area contributed by atoms with Crippen LogP contribution in [0.4, 0.5) is 0 Å². The Balaban J connectivity index is 1.72. The van der Waals surface area contributed by atoms with Crippen molar-refractivity contribution in [2.45, 2.75) is 64.2 Å². The molecule has 208 valence electrons. The Morgan fingerprint density at radius 3 is 2.42 bits per heavy atom. The largest absolute Gasteiger partial charge is 0.503 e. The van der Waals surface area contributed by atoms with Crippen LogP contribution in [0.2, 0.25) is 0 Å². The number of carbonyl (C=O) groups is 2. The summed E-state index contributed by atoms with van der Waals surface area (Å²) in [4.78, 5) is 28.9. The molecule has 9 nitrogen and oxygen atoms in total. The molecule has 3 atom stereocenters. The van der Waals surface area contributed by atoms with E-state index in [0.717, 1.165) is 11.3 Å². The molecule has 0 unspecified atom stereocenters. The van der Waals surface area contributed by atoms with Crippen LogP contribution >= 0.6 is 0 Å². The topological polar surface area (TPSA) is 116 Å². The van der Waals surface area contributed by atoms with Gasteiger partial charge in [-0.25, -0.2) is 4.98 Å². The highest BCUT2D eigenvalue weighted by Gasteiger charge is 2.38. The van der Waals surface area contributed by atoms with Crippen LogP contribution in [0, 0.1) is 11.8 Å². The lowest BCUT2D eigenvalue weighted by atomic mass is 9.81. The molecule has 3 rings (SSSR count). The predicted octanol–water partition coefficient (Wildman–Crippen LogP) is 3.96. The van der Waals surface area contributed by atoms with Crippen molar-refractivity contribution in [1.82, 2.24) is 10.3 Å². The van der Waals surface area contributed by atoms with Crippen LogP contribution in [-0.2, 0) is 20.7 Å². The second kappa shape index (κ2) is 12.6. The highest BCUT2D eigenvalue weighted by Crippen LogP contribution is 2.35. The summed E-state index contributed by atoms with van der Waals surface area (Å²) in [7, 11) is 3.01. The number of hydrogen-bond donors (Lipinski definition) is 2. The molecular formula is C29H40N2O7. The quantitative estimate of drug-likeness (QED) is 0.334. The standard InChI is InChI=1S/C29H40N2O7/c1-19(37-18-29(4,17-32)31-27(34)25-26(33)24(36-6)13-14-30-25)23(28(2,3)38-16-21-7-8-21)15-20-9-11-22(35-5)12-10-20/h9-14,17,19,21,23,33H,7-8,15-16,18H2,1-6H3,(H,31,34)/t19-,23-,29+/m0/s1. The summed E-state index contributed by atoms with van der Waals surface area (Å²) >= 11 is 0. The van der Waals surface area contributed by atoms with Gasteiger partial charge in [0.15, 0.2) is 17.2 Å². The van der Waals surface area contributed by atoms with Gasteiger partial charge in [-0.1, -0.05) is 12.1 Å². The number of nitrogens with zero attached hydrogens (tertiary/aromatic N) is 1. The maximum absolute atomic E-state index is 12.9. The summed E-state index contributed by atoms with van der Waals surface area (Å²) in [5.74, 6) is 0.345. The van der Waals surface area contributed by atoms with Gasteiger partial charge in [-0.15, -0.1) is 0 Å². The number of amides is 1. The Hall–Kier alpha value is -3.17. The number of aromatic nitrogens is 1. The van der Waals surface area contributed by atoms with Gasteiger partial charge in [0.1, 0.15) is 17.6 Å². The van der Waals surface area contributed by atoms with Crippen LogP contribution in [0.25, 0.3) is 0 Å². The van der Waals surface area contributed by atoms with E-state index in [2.05, 4.69) is 24.1 Å². The summed E-state index contributed by atoms with van der Waals surface area (Å²) in [5, 5.41) is 12.9. The Morgan fingerprint density at radius 2 is 1.84 bits per heavy atom. The Morgan fingerprint density at radius 1 is 1.16 bits per heavy atom. The van der Waals surface area contributed by atoms with Crippen molar-refractivity contribution < 1.29 is 33.6 Å². The molecule has 0 bridgehead atoms. The number of ether oxygens (including phenoxy) is 4. The second-order valence-corrected chi connectivity index (χ2v) is 10.7. The van der Waals surface area contributed by atoms with Crippen LogP contribution < -0.4 is 14.8 Å². The van der Waals surface area contributed by atoms with E-state index in [1.165, 1.54) is 32.2 Å². The number of methoxy groups -OCH3 is 2. The summed E-state index contributed by atoms with van der Waals surface area (Å²) < 4.78 is 23.0. The van der Waals surface area contributed by atoms with Crippen molar-refractivity contribution in [1.29, 1.82) is 0 Å². The number of aldehydes is 1. The number of pyridine rings is 1. The van der Waals surface area contributed by atoms with Crippen LogP contribution in [0.3, 0.4) is 0 Å². The molecule has 2 N–H and O–H groups in total. The average molecular weight is 529 g/mol. The normalized spacial score (nSPS) is 16.7. The molecule has 0 spiro atoms. The van der Waals surface area contributed by atoms with Crippen LogP contribution in [0.1, 0.15) is 56.6 Å². The maximum Gasteiger partial charge on any atom is 0.274 e. The molecule has 1 aliphatic rings. The molecule has 1 aliphatic carbocycles. The van der Waals surface area contributed by atoms with Gasteiger partial charge in [0.2, 0.25) is 0 Å². The third-order valence-corrected chi connectivity index (χ3v) is 7.09. The fourth-order valence-corrected chi connectivity index (χ4v) is 4.32. The molecule has 38 heavy (non-hydrogen) atoms. The average Bonchev–Trinajstić information content (AvgIpc) is 3.74. The maximum atomic E-state index is 12.9. The molecule has 0 aliphatic heterocycles. The number of hydrogen-bond acceptors (Lipinski definition) is 8. The Kier molecular flexibility index (Phi) is 9.73. The fourth-order valence-electron chi connectivity index (χ4n) is 4.32. The molecule has 1 fully saturated rings. The predicted molar refractivity (Wildman–Crippen MR) is 143 cm³/mol. The van der Waals surface area contributed by atoms with Gasteiger partial charge in [-0.2, -0.15) is 0 Å². The summed E-state index contributed by atoms with van der Waals surface area (Å²) in [6.45, 7) is 8.29. The minimum atomic E-state index is -1.35. The lowest BCUT2D eigenvalue weighted by molar-refractivity contribution is -0.126. The smallest absolute Gasteiger partial charge is 0.274 e. The lowest BCUT2D eigenvalue weighted by Crippen LogP contribution is -2.53. The first-order valence-corrected chi connectivity index (χ1v) is 12.9. The zero-order chi connectivity index (χ0) is 27.9. The first kappa shape index (κ1) is 29.4. The molecule has 2 aromatic rings. The van der Waals surface area contributed by atoms with Crippen molar-refractivity contribution in [3.63, 3.8) is 0 Å². The Bertz CT molecular complexity index is 1080. The van der Waals surface area contributed by atoms with Gasteiger partial charge < -0.3 is 34.2 Å². The molecular weight excluding hydrogens is 488 g/mol. The molecule has 1 saturated carbocycles. The van der Waals surface area contributed by atoms with E-state index in [-0.39, 0.29) is 30.1 Å². The van der Waals surface area contributed by atoms with Gasteiger partial charge in [-0.3, -0.25) is 4.79 Å². The SMILES string of the molecule is COc1ccc(C[C@@H]([C@H](C)OC[C@@](C)(C=O)NC(=O)c2nccc(OC)c2O)C(C)(C)OCC2CC2)cc1. The third kappa shape index (κ3) is 7.68. The first-order chi connectivity index (χ1) is 18.0. The number of rotatable bonds is 15. The lowest BCUT2D eigenvalue weighted by Gasteiger charge is -2.39. The van der Waals surface area contributed by atoms with E-state index < -0.39 is 22.8 Å². The minimum absolute atomic E-state index is 0.0506. The van der Waals surface area contributed by atoms with E-state index in [1.807, 2.05) is 31.2 Å². The Labute approximate surface area is 224 Å². The van der Waals surface area contributed by atoms with Gasteiger partial charge >= 0.3 is 0 Å². The summed E-state index contributed by atoms with van der Waals surface area (Å²) in [5.41, 5.74) is -0.983. The van der Waals surface area contributed by atoms with Crippen molar-refractivity contribution in [2.75, 3.05) is 27.4 Å². The molecule has 0 saturated heterocycles. The van der Waals surface area contributed by atoms with Crippen LogP contribution in [0.5, 0.6) is 17.2 Å². The fraction of sp³-hybridized carbons (Fsp3) is 0.552. The van der Waals surface area contributed by atoms with Crippen LogP contribution in [0.15, 0.2) is 36.5 Å². The van der Waals surface area contributed by atoms with E-state index in [1.54, 1.807) is 14.0 Å². The third-order valence-electron chi connectivity index (χ3n) is 7.09. The van der Waals surface area contributed by atoms with E-state index >= 15 is 0 Å². The summed E-state index contributed by atoms with van der Waals surface area (Å²) in [6.07, 6.45) is 4.74. The van der Waals surface area contributed by atoms with Crippen molar-refractivity contribution in [3.05, 3.63) is 47.8 Å². The molecule has 0 radical (unpaired) electrons. The first-order valence-electron chi connectivity index (χ1n) is 12.9. The zero-order valence-electron chi connectivity index (χ0n) is 23.2. The van der Waals surface area contributed by atoms with E-state index in [0.29, 0.717) is 25.2 Å². The van der Waals surface area contributed by atoms with E-state index in [4.69, 9.17) is 18.9 Å². The molecule has 1 heterocycles. The zero-order valence-corrected chi connectivity index (χ0v) is 23.2. The van der Waals surface area contributed by atoms with Crippen molar-refractivity contribution in [3.8, 4) is 17.2 Å². The molecule has 1 aromatic carbocycles. The van der Waals surface area contributed by atoms with Gasteiger partial charge in [0.25, 0.3) is 5.91 Å². The highest BCUT2D eigenvalue weighted by atomic mass is 16.5.